The smallest absolute Gasteiger partial charge is 0.153 e. The Kier molecular flexibility index (Phi) is 5.57. The highest BCUT2D eigenvalue weighted by molar-refractivity contribution is 6.30. The minimum Gasteiger partial charge on any atom is -0.508 e. The molecule has 0 unspecified atom stereocenters. The van der Waals surface area contributed by atoms with Crippen LogP contribution in [0.1, 0.15) is 20.7 Å². The number of benzene rings is 2. The van der Waals surface area contributed by atoms with E-state index in [0.717, 1.165) is 12.4 Å². The number of aromatic hydroxyl groups is 2. The van der Waals surface area contributed by atoms with E-state index in [4.69, 9.17) is 21.8 Å². The molecule has 0 saturated carbocycles. The Bertz CT molecular complexity index is 564. The molecule has 0 aliphatic heterocycles. The van der Waals surface area contributed by atoms with Gasteiger partial charge in [0.05, 0.1) is 5.56 Å². The standard InChI is InChI=1S/C7H5ClO.C7H6O3/c8-7-3-1-6(5-9)2-4-7;8-4-5-1-2-6(9)3-7(5)10/h1-5H;1-4,9-10H. The van der Waals surface area contributed by atoms with Crippen LogP contribution in [-0.4, -0.2) is 22.8 Å². The van der Waals surface area contributed by atoms with Crippen LogP contribution in [0.25, 0.3) is 0 Å². The van der Waals surface area contributed by atoms with E-state index in [1.54, 1.807) is 24.3 Å². The molecule has 0 atom stereocenters. The fraction of sp³-hybridized carbons (Fsp3) is 0. The summed E-state index contributed by atoms with van der Waals surface area (Å²) in [6.45, 7) is 0. The maximum absolute atomic E-state index is 10.1. The van der Waals surface area contributed by atoms with Crippen molar-refractivity contribution in [3.8, 4) is 11.5 Å². The number of hydrogen-bond donors (Lipinski definition) is 2. The topological polar surface area (TPSA) is 74.6 Å². The molecule has 0 radical (unpaired) electrons. The molecular weight excluding hydrogens is 268 g/mol. The molecule has 5 heteroatoms. The summed E-state index contributed by atoms with van der Waals surface area (Å²) in [5.41, 5.74) is 0.831. The molecule has 19 heavy (non-hydrogen) atoms. The van der Waals surface area contributed by atoms with Crippen molar-refractivity contribution in [3.63, 3.8) is 0 Å². The first-order valence-electron chi connectivity index (χ1n) is 5.24. The van der Waals surface area contributed by atoms with Gasteiger partial charge in [0.2, 0.25) is 0 Å². The van der Waals surface area contributed by atoms with Gasteiger partial charge >= 0.3 is 0 Å². The summed E-state index contributed by atoms with van der Waals surface area (Å²) in [4.78, 5) is 20.2. The zero-order valence-corrected chi connectivity index (χ0v) is 10.5. The predicted molar refractivity (Wildman–Crippen MR) is 72.0 cm³/mol. The van der Waals surface area contributed by atoms with Crippen LogP contribution in [0.15, 0.2) is 42.5 Å². The predicted octanol–water partition coefficient (Wildman–Crippen LogP) is 3.06. The number of halogens is 1. The van der Waals surface area contributed by atoms with Crippen LogP contribution in [0.5, 0.6) is 11.5 Å². The van der Waals surface area contributed by atoms with Crippen molar-refractivity contribution >= 4 is 24.2 Å². The second-order valence-corrected chi connectivity index (χ2v) is 3.97. The molecule has 2 rings (SSSR count). The van der Waals surface area contributed by atoms with Crippen LogP contribution in [0.2, 0.25) is 5.02 Å². The molecule has 0 aliphatic rings. The lowest BCUT2D eigenvalue weighted by atomic mass is 10.2. The molecule has 2 aromatic rings. The molecule has 2 N–H and O–H groups in total. The molecule has 2 aromatic carbocycles. The van der Waals surface area contributed by atoms with Crippen molar-refractivity contribution in [2.45, 2.75) is 0 Å². The SMILES string of the molecule is O=Cc1ccc(Cl)cc1.O=Cc1ccc(O)cc1O. The number of carbonyl (C=O) groups is 2. The number of phenols is 2. The van der Waals surface area contributed by atoms with Crippen molar-refractivity contribution in [2.24, 2.45) is 0 Å². The second-order valence-electron chi connectivity index (χ2n) is 3.53. The van der Waals surface area contributed by atoms with Gasteiger partial charge < -0.3 is 10.2 Å². The molecule has 4 nitrogen and oxygen atoms in total. The van der Waals surface area contributed by atoms with Gasteiger partial charge in [-0.3, -0.25) is 9.59 Å². The van der Waals surface area contributed by atoms with Crippen molar-refractivity contribution in [3.05, 3.63) is 58.6 Å². The summed E-state index contributed by atoms with van der Waals surface area (Å²) >= 11 is 5.55. The normalized spacial score (nSPS) is 9.11. The van der Waals surface area contributed by atoms with Gasteiger partial charge in [-0.2, -0.15) is 0 Å². The van der Waals surface area contributed by atoms with Crippen LogP contribution in [0.3, 0.4) is 0 Å². The Hall–Kier alpha value is -2.33. The summed E-state index contributed by atoms with van der Waals surface area (Å²) < 4.78 is 0. The number of aldehydes is 2. The lowest BCUT2D eigenvalue weighted by Crippen LogP contribution is -1.78. The molecule has 0 fully saturated rings. The Morgan fingerprint density at radius 1 is 0.895 bits per heavy atom. The van der Waals surface area contributed by atoms with Gasteiger partial charge in [-0.05, 0) is 24.3 Å². The molecular formula is C14H11ClO4. The Balaban J connectivity index is 0.000000191. The van der Waals surface area contributed by atoms with E-state index < -0.39 is 0 Å². The van der Waals surface area contributed by atoms with Crippen molar-refractivity contribution in [2.75, 3.05) is 0 Å². The van der Waals surface area contributed by atoms with Crippen molar-refractivity contribution < 1.29 is 19.8 Å². The molecule has 0 spiro atoms. The number of phenolic OH excluding ortho intramolecular Hbond substituents is 2. The van der Waals surface area contributed by atoms with Crippen molar-refractivity contribution in [1.29, 1.82) is 0 Å². The summed E-state index contributed by atoms with van der Waals surface area (Å²) in [6, 6.07) is 10.5. The fourth-order valence-electron chi connectivity index (χ4n) is 1.17. The van der Waals surface area contributed by atoms with E-state index in [2.05, 4.69) is 0 Å². The first kappa shape index (κ1) is 14.7. The van der Waals surface area contributed by atoms with Crippen LogP contribution >= 0.6 is 11.6 Å². The average Bonchev–Trinajstić information content (AvgIpc) is 2.40. The largest absolute Gasteiger partial charge is 0.508 e. The Labute approximate surface area is 114 Å². The van der Waals surface area contributed by atoms with Gasteiger partial charge in [-0.15, -0.1) is 0 Å². The average molecular weight is 279 g/mol. The molecule has 0 aliphatic carbocycles. The van der Waals surface area contributed by atoms with Crippen LogP contribution < -0.4 is 0 Å². The van der Waals surface area contributed by atoms with Gasteiger partial charge in [-0.1, -0.05) is 23.7 Å². The maximum Gasteiger partial charge on any atom is 0.153 e. The van der Waals surface area contributed by atoms with Crippen LogP contribution in [-0.2, 0) is 0 Å². The summed E-state index contributed by atoms with van der Waals surface area (Å²) in [5.74, 6) is -0.252. The minimum absolute atomic E-state index is 0.0527. The van der Waals surface area contributed by atoms with E-state index in [1.807, 2.05) is 0 Å². The molecule has 98 valence electrons. The van der Waals surface area contributed by atoms with Gasteiger partial charge in [0.25, 0.3) is 0 Å². The Morgan fingerprint density at radius 3 is 2.00 bits per heavy atom. The van der Waals surface area contributed by atoms with E-state index in [0.29, 0.717) is 16.9 Å². The Morgan fingerprint density at radius 2 is 1.53 bits per heavy atom. The summed E-state index contributed by atoms with van der Waals surface area (Å²) in [6.07, 6.45) is 1.31. The zero-order valence-electron chi connectivity index (χ0n) is 9.79. The fourth-order valence-corrected chi connectivity index (χ4v) is 1.30. The molecule has 0 bridgehead atoms. The summed E-state index contributed by atoms with van der Waals surface area (Å²) in [5, 5.41) is 18.3. The lowest BCUT2D eigenvalue weighted by molar-refractivity contribution is 0.111. The summed E-state index contributed by atoms with van der Waals surface area (Å²) in [7, 11) is 0. The molecule has 0 aromatic heterocycles. The van der Waals surface area contributed by atoms with Crippen LogP contribution in [0.4, 0.5) is 0 Å². The third-order valence-electron chi connectivity index (χ3n) is 2.15. The quantitative estimate of drug-likeness (QED) is 0.828. The van der Waals surface area contributed by atoms with Gasteiger partial charge in [0, 0.05) is 16.7 Å². The van der Waals surface area contributed by atoms with Crippen molar-refractivity contribution in [1.82, 2.24) is 0 Å². The zero-order chi connectivity index (χ0) is 14.3. The first-order valence-corrected chi connectivity index (χ1v) is 5.62. The van der Waals surface area contributed by atoms with Gasteiger partial charge in [-0.25, -0.2) is 0 Å². The maximum atomic E-state index is 10.1. The van der Waals surface area contributed by atoms with Gasteiger partial charge in [0.1, 0.15) is 17.8 Å². The number of carbonyl (C=O) groups excluding carboxylic acids is 2. The van der Waals surface area contributed by atoms with E-state index in [9.17, 15) is 9.59 Å². The molecule has 0 amide bonds. The van der Waals surface area contributed by atoms with Gasteiger partial charge in [0.15, 0.2) is 6.29 Å². The highest BCUT2D eigenvalue weighted by Crippen LogP contribution is 2.20. The van der Waals surface area contributed by atoms with E-state index in [1.165, 1.54) is 12.1 Å². The van der Waals surface area contributed by atoms with E-state index >= 15 is 0 Å². The highest BCUT2D eigenvalue weighted by atomic mass is 35.5. The molecule has 0 saturated heterocycles. The highest BCUT2D eigenvalue weighted by Gasteiger charge is 1.98. The number of rotatable bonds is 2. The van der Waals surface area contributed by atoms with Crippen LogP contribution in [0, 0.1) is 0 Å². The lowest BCUT2D eigenvalue weighted by Gasteiger charge is -1.95. The molecule has 0 heterocycles. The van der Waals surface area contributed by atoms with E-state index in [-0.39, 0.29) is 17.1 Å². The monoisotopic (exact) mass is 278 g/mol. The number of hydrogen-bond acceptors (Lipinski definition) is 4. The third-order valence-corrected chi connectivity index (χ3v) is 2.40. The second kappa shape index (κ2) is 7.18. The first-order chi connectivity index (χ1) is 9.06. The third kappa shape index (κ3) is 4.81. The minimum atomic E-state index is -0.199.